The Morgan fingerprint density at radius 3 is 2.67 bits per heavy atom. The smallest absolute Gasteiger partial charge is 0.255 e. The molecule has 0 heterocycles. The Hall–Kier alpha value is -2.49. The molecular weight excluding hydrogens is 264 g/mol. The van der Waals surface area contributed by atoms with Crippen molar-refractivity contribution in [1.29, 1.82) is 0 Å². The molecule has 110 valence electrons. The topological polar surface area (TPSA) is 55.6 Å². The summed E-state index contributed by atoms with van der Waals surface area (Å²) < 4.78 is 5.31. The average Bonchev–Trinajstić information content (AvgIpc) is 2.49. The molecule has 2 rings (SSSR count). The van der Waals surface area contributed by atoms with E-state index in [4.69, 9.17) is 10.5 Å². The monoisotopic (exact) mass is 284 g/mol. The van der Waals surface area contributed by atoms with E-state index in [-0.39, 0.29) is 5.91 Å². The summed E-state index contributed by atoms with van der Waals surface area (Å²) in [5.74, 6) is 0.677. The predicted molar refractivity (Wildman–Crippen MR) is 84.4 cm³/mol. The highest BCUT2D eigenvalue weighted by molar-refractivity contribution is 5.99. The van der Waals surface area contributed by atoms with Crippen molar-refractivity contribution in [2.75, 3.05) is 19.9 Å². The highest BCUT2D eigenvalue weighted by Crippen LogP contribution is 2.21. The molecule has 0 saturated carbocycles. The van der Waals surface area contributed by atoms with E-state index in [0.717, 1.165) is 16.9 Å². The first kappa shape index (κ1) is 14.9. The second kappa shape index (κ2) is 6.31. The molecule has 21 heavy (non-hydrogen) atoms. The van der Waals surface area contributed by atoms with Gasteiger partial charge < -0.3 is 15.4 Å². The van der Waals surface area contributed by atoms with Crippen molar-refractivity contribution in [3.05, 3.63) is 59.2 Å². The number of hydrogen-bond donors (Lipinski definition) is 1. The number of hydrogen-bond acceptors (Lipinski definition) is 3. The third-order valence-corrected chi connectivity index (χ3v) is 3.39. The third-order valence-electron chi connectivity index (χ3n) is 3.39. The van der Waals surface area contributed by atoms with Gasteiger partial charge in [-0.2, -0.15) is 0 Å². The molecule has 0 fully saturated rings. The normalized spacial score (nSPS) is 10.2. The number of rotatable bonds is 4. The molecule has 0 aromatic heterocycles. The van der Waals surface area contributed by atoms with Gasteiger partial charge in [0.2, 0.25) is 0 Å². The van der Waals surface area contributed by atoms with Crippen LogP contribution in [0.25, 0.3) is 0 Å². The van der Waals surface area contributed by atoms with Crippen LogP contribution in [0.4, 0.5) is 5.69 Å². The van der Waals surface area contributed by atoms with Gasteiger partial charge in [-0.3, -0.25) is 4.79 Å². The van der Waals surface area contributed by atoms with E-state index in [1.807, 2.05) is 43.3 Å². The molecule has 4 nitrogen and oxygen atoms in total. The van der Waals surface area contributed by atoms with Crippen molar-refractivity contribution in [3.8, 4) is 5.75 Å². The Morgan fingerprint density at radius 1 is 1.24 bits per heavy atom. The third kappa shape index (κ3) is 3.34. The summed E-state index contributed by atoms with van der Waals surface area (Å²) in [5.41, 5.74) is 8.91. The van der Waals surface area contributed by atoms with Crippen molar-refractivity contribution in [1.82, 2.24) is 4.90 Å². The van der Waals surface area contributed by atoms with Gasteiger partial charge in [-0.15, -0.1) is 0 Å². The minimum Gasteiger partial charge on any atom is -0.496 e. The Bertz CT molecular complexity index is 653. The van der Waals surface area contributed by atoms with E-state index in [1.54, 1.807) is 25.1 Å². The molecule has 1 amide bonds. The highest BCUT2D eigenvalue weighted by Gasteiger charge is 2.16. The number of amides is 1. The van der Waals surface area contributed by atoms with Gasteiger partial charge in [-0.05, 0) is 25.1 Å². The van der Waals surface area contributed by atoms with Crippen LogP contribution in [-0.2, 0) is 6.54 Å². The number of aryl methyl sites for hydroxylation is 1. The van der Waals surface area contributed by atoms with Crippen molar-refractivity contribution < 1.29 is 9.53 Å². The molecular formula is C17H20N2O2. The lowest BCUT2D eigenvalue weighted by atomic mass is 10.1. The quantitative estimate of drug-likeness (QED) is 0.878. The number of benzene rings is 2. The largest absolute Gasteiger partial charge is 0.496 e. The number of methoxy groups -OCH3 is 1. The second-order valence-corrected chi connectivity index (χ2v) is 5.06. The summed E-state index contributed by atoms with van der Waals surface area (Å²) in [6.07, 6.45) is 0. The lowest BCUT2D eigenvalue weighted by molar-refractivity contribution is 0.0785. The van der Waals surface area contributed by atoms with Gasteiger partial charge in [0, 0.05) is 24.8 Å². The van der Waals surface area contributed by atoms with E-state index < -0.39 is 0 Å². The molecule has 0 aliphatic rings. The zero-order chi connectivity index (χ0) is 15.4. The molecule has 0 atom stereocenters. The van der Waals surface area contributed by atoms with E-state index in [9.17, 15) is 4.79 Å². The van der Waals surface area contributed by atoms with Crippen molar-refractivity contribution >= 4 is 11.6 Å². The van der Waals surface area contributed by atoms with Crippen LogP contribution in [0.5, 0.6) is 5.75 Å². The number of nitrogens with two attached hydrogens (primary N) is 1. The number of nitrogens with zero attached hydrogens (tertiary/aromatic N) is 1. The summed E-state index contributed by atoms with van der Waals surface area (Å²) in [7, 11) is 3.38. The van der Waals surface area contributed by atoms with Gasteiger partial charge in [0.05, 0.1) is 12.7 Å². The predicted octanol–water partition coefficient (Wildman–Crippen LogP) is 2.86. The minimum absolute atomic E-state index is 0.0953. The van der Waals surface area contributed by atoms with Crippen LogP contribution in [0.1, 0.15) is 21.5 Å². The molecule has 2 aromatic carbocycles. The first-order valence-corrected chi connectivity index (χ1v) is 6.76. The summed E-state index contributed by atoms with van der Waals surface area (Å²) in [5, 5.41) is 0. The van der Waals surface area contributed by atoms with Crippen LogP contribution in [0.2, 0.25) is 0 Å². The summed E-state index contributed by atoms with van der Waals surface area (Å²) in [6.45, 7) is 2.41. The van der Waals surface area contributed by atoms with Crippen LogP contribution in [0, 0.1) is 6.92 Å². The molecule has 0 radical (unpaired) electrons. The molecule has 0 aliphatic carbocycles. The zero-order valence-electron chi connectivity index (χ0n) is 12.6. The van der Waals surface area contributed by atoms with Gasteiger partial charge in [0.1, 0.15) is 5.75 Å². The van der Waals surface area contributed by atoms with E-state index in [0.29, 0.717) is 17.8 Å². The fraction of sp³-hybridized carbons (Fsp3) is 0.235. The summed E-state index contributed by atoms with van der Waals surface area (Å²) in [4.78, 5) is 14.2. The van der Waals surface area contributed by atoms with Crippen LogP contribution >= 0.6 is 0 Å². The molecule has 0 bridgehead atoms. The Labute approximate surface area is 125 Å². The molecule has 4 heteroatoms. The maximum Gasteiger partial charge on any atom is 0.255 e. The fourth-order valence-corrected chi connectivity index (χ4v) is 2.22. The van der Waals surface area contributed by atoms with E-state index in [2.05, 4.69) is 0 Å². The maximum absolute atomic E-state index is 12.5. The van der Waals surface area contributed by atoms with Gasteiger partial charge in [0.25, 0.3) is 5.91 Å². The van der Waals surface area contributed by atoms with E-state index >= 15 is 0 Å². The number of carbonyl (C=O) groups excluding carboxylic acids is 1. The van der Waals surface area contributed by atoms with Gasteiger partial charge in [-0.1, -0.05) is 29.8 Å². The maximum atomic E-state index is 12.5. The van der Waals surface area contributed by atoms with Crippen molar-refractivity contribution in [2.24, 2.45) is 0 Å². The second-order valence-electron chi connectivity index (χ2n) is 5.06. The van der Waals surface area contributed by atoms with Crippen molar-refractivity contribution in [3.63, 3.8) is 0 Å². The first-order valence-electron chi connectivity index (χ1n) is 6.76. The van der Waals surface area contributed by atoms with Crippen LogP contribution < -0.4 is 10.5 Å². The number of para-hydroxylation sites is 1. The Kier molecular flexibility index (Phi) is 4.48. The Balaban J connectivity index is 2.22. The number of ether oxygens (including phenoxy) is 1. The van der Waals surface area contributed by atoms with Crippen molar-refractivity contribution in [2.45, 2.75) is 13.5 Å². The lowest BCUT2D eigenvalue weighted by Gasteiger charge is -2.20. The summed E-state index contributed by atoms with van der Waals surface area (Å²) >= 11 is 0. The molecule has 0 unspecified atom stereocenters. The van der Waals surface area contributed by atoms with Crippen LogP contribution in [0.3, 0.4) is 0 Å². The highest BCUT2D eigenvalue weighted by atomic mass is 16.5. The SMILES string of the molecule is COc1ccccc1CN(C)C(=O)c1cc(C)ccc1N. The molecule has 2 N–H and O–H groups in total. The average molecular weight is 284 g/mol. The number of carbonyl (C=O) groups is 1. The minimum atomic E-state index is -0.0953. The first-order chi connectivity index (χ1) is 10.0. The fourth-order valence-electron chi connectivity index (χ4n) is 2.22. The zero-order valence-corrected chi connectivity index (χ0v) is 12.6. The summed E-state index contributed by atoms with van der Waals surface area (Å²) in [6, 6.07) is 13.1. The van der Waals surface area contributed by atoms with Gasteiger partial charge in [-0.25, -0.2) is 0 Å². The molecule has 0 spiro atoms. The van der Waals surface area contributed by atoms with Crippen LogP contribution in [0.15, 0.2) is 42.5 Å². The lowest BCUT2D eigenvalue weighted by Crippen LogP contribution is -2.27. The standard InChI is InChI=1S/C17H20N2O2/c1-12-8-9-15(18)14(10-12)17(20)19(2)11-13-6-4-5-7-16(13)21-3/h4-10H,11,18H2,1-3H3. The Morgan fingerprint density at radius 2 is 1.95 bits per heavy atom. The van der Waals surface area contributed by atoms with Gasteiger partial charge in [0.15, 0.2) is 0 Å². The molecule has 0 saturated heterocycles. The van der Waals surface area contributed by atoms with Crippen LogP contribution in [-0.4, -0.2) is 25.0 Å². The molecule has 0 aliphatic heterocycles. The number of anilines is 1. The number of nitrogen functional groups attached to an aromatic ring is 1. The molecule has 2 aromatic rings. The van der Waals surface area contributed by atoms with E-state index in [1.165, 1.54) is 0 Å². The van der Waals surface area contributed by atoms with Gasteiger partial charge >= 0.3 is 0 Å².